The van der Waals surface area contributed by atoms with E-state index in [-0.39, 0.29) is 5.91 Å². The van der Waals surface area contributed by atoms with Crippen molar-refractivity contribution in [3.05, 3.63) is 46.8 Å². The smallest absolute Gasteiger partial charge is 0.260 e. The SMILES string of the molecule is COc1ccc(OC)c(C(=O)Nc2cc(-c3ccc(C)s3)[nH]n2)c1. The van der Waals surface area contributed by atoms with E-state index in [2.05, 4.69) is 15.5 Å². The molecule has 3 rings (SSSR count). The molecule has 2 aromatic heterocycles. The second-order valence-corrected chi connectivity index (χ2v) is 6.39. The number of nitrogens with zero attached hydrogens (tertiary/aromatic N) is 1. The van der Waals surface area contributed by atoms with Crippen molar-refractivity contribution in [2.75, 3.05) is 19.5 Å². The Bertz CT molecular complexity index is 870. The number of anilines is 1. The Labute approximate surface area is 143 Å². The fourth-order valence-corrected chi connectivity index (χ4v) is 3.10. The molecule has 24 heavy (non-hydrogen) atoms. The molecule has 124 valence electrons. The maximum atomic E-state index is 12.5. The normalized spacial score (nSPS) is 10.5. The van der Waals surface area contributed by atoms with Crippen LogP contribution in [0, 0.1) is 6.92 Å². The zero-order valence-corrected chi connectivity index (χ0v) is 14.4. The van der Waals surface area contributed by atoms with Gasteiger partial charge in [0, 0.05) is 10.9 Å². The van der Waals surface area contributed by atoms with E-state index in [4.69, 9.17) is 9.47 Å². The van der Waals surface area contributed by atoms with Crippen molar-refractivity contribution in [3.8, 4) is 22.1 Å². The van der Waals surface area contributed by atoms with Crippen LogP contribution >= 0.6 is 11.3 Å². The lowest BCUT2D eigenvalue weighted by Gasteiger charge is -2.09. The summed E-state index contributed by atoms with van der Waals surface area (Å²) in [5, 5.41) is 9.85. The Morgan fingerprint density at radius 3 is 2.67 bits per heavy atom. The highest BCUT2D eigenvalue weighted by atomic mass is 32.1. The van der Waals surface area contributed by atoms with Crippen LogP contribution in [0.5, 0.6) is 11.5 Å². The summed E-state index contributed by atoms with van der Waals surface area (Å²) < 4.78 is 10.4. The predicted octanol–water partition coefficient (Wildman–Crippen LogP) is 3.72. The van der Waals surface area contributed by atoms with E-state index in [1.54, 1.807) is 42.7 Å². The first kappa shape index (κ1) is 16.1. The lowest BCUT2D eigenvalue weighted by molar-refractivity contribution is 0.102. The third-order valence-electron chi connectivity index (χ3n) is 3.48. The average molecular weight is 343 g/mol. The van der Waals surface area contributed by atoms with Crippen molar-refractivity contribution in [1.29, 1.82) is 0 Å². The molecule has 0 atom stereocenters. The van der Waals surface area contributed by atoms with Gasteiger partial charge >= 0.3 is 0 Å². The molecule has 6 nitrogen and oxygen atoms in total. The second kappa shape index (κ2) is 6.76. The van der Waals surface area contributed by atoms with Crippen molar-refractivity contribution < 1.29 is 14.3 Å². The number of H-pyrrole nitrogens is 1. The number of hydrogen-bond donors (Lipinski definition) is 2. The predicted molar refractivity (Wildman–Crippen MR) is 94.1 cm³/mol. The van der Waals surface area contributed by atoms with Crippen molar-refractivity contribution in [2.45, 2.75) is 6.92 Å². The van der Waals surface area contributed by atoms with Crippen LogP contribution in [0.2, 0.25) is 0 Å². The van der Waals surface area contributed by atoms with Crippen molar-refractivity contribution in [2.24, 2.45) is 0 Å². The van der Waals surface area contributed by atoms with Crippen molar-refractivity contribution >= 4 is 23.1 Å². The molecule has 0 bridgehead atoms. The standard InChI is InChI=1S/C17H17N3O3S/c1-10-4-7-15(24-10)13-9-16(20-19-13)18-17(21)12-8-11(22-2)5-6-14(12)23-3/h4-9H,1-3H3,(H2,18,19,20,21). The van der Waals surface area contributed by atoms with E-state index in [0.717, 1.165) is 10.6 Å². The van der Waals surface area contributed by atoms with Gasteiger partial charge in [0.05, 0.1) is 30.4 Å². The molecule has 0 aliphatic carbocycles. The molecule has 0 fully saturated rings. The first-order valence-corrected chi connectivity index (χ1v) is 8.08. The quantitative estimate of drug-likeness (QED) is 0.740. The van der Waals surface area contributed by atoms with Gasteiger partial charge in [0.1, 0.15) is 11.5 Å². The largest absolute Gasteiger partial charge is 0.497 e. The van der Waals surface area contributed by atoms with E-state index < -0.39 is 0 Å². The molecule has 0 saturated carbocycles. The van der Waals surface area contributed by atoms with Gasteiger partial charge in [0.15, 0.2) is 5.82 Å². The number of methoxy groups -OCH3 is 2. The minimum absolute atomic E-state index is 0.314. The third-order valence-corrected chi connectivity index (χ3v) is 4.51. The van der Waals surface area contributed by atoms with E-state index >= 15 is 0 Å². The zero-order valence-electron chi connectivity index (χ0n) is 13.5. The van der Waals surface area contributed by atoms with E-state index in [9.17, 15) is 4.79 Å². The van der Waals surface area contributed by atoms with Gasteiger partial charge in [-0.3, -0.25) is 9.89 Å². The highest BCUT2D eigenvalue weighted by Crippen LogP contribution is 2.28. The lowest BCUT2D eigenvalue weighted by atomic mass is 10.1. The summed E-state index contributed by atoms with van der Waals surface area (Å²) in [6.07, 6.45) is 0. The molecule has 3 aromatic rings. The summed E-state index contributed by atoms with van der Waals surface area (Å²) in [6.45, 7) is 2.04. The van der Waals surface area contributed by atoms with Gasteiger partial charge in [-0.25, -0.2) is 0 Å². The number of ether oxygens (including phenoxy) is 2. The summed E-state index contributed by atoms with van der Waals surface area (Å²) in [6, 6.07) is 10.9. The van der Waals surface area contributed by atoms with Crippen LogP contribution in [0.25, 0.3) is 10.6 Å². The number of nitrogens with one attached hydrogen (secondary N) is 2. The number of carbonyl (C=O) groups is 1. The molecule has 0 aliphatic heterocycles. The minimum atomic E-state index is -0.314. The molecule has 0 aliphatic rings. The van der Waals surface area contributed by atoms with Gasteiger partial charge < -0.3 is 14.8 Å². The van der Waals surface area contributed by atoms with Gasteiger partial charge in [0.2, 0.25) is 0 Å². The summed E-state index contributed by atoms with van der Waals surface area (Å²) in [5.74, 6) is 1.19. The molecule has 0 spiro atoms. The topological polar surface area (TPSA) is 76.2 Å². The highest BCUT2D eigenvalue weighted by Gasteiger charge is 2.15. The van der Waals surface area contributed by atoms with Gasteiger partial charge in [-0.2, -0.15) is 5.10 Å². The van der Waals surface area contributed by atoms with Crippen LogP contribution in [0.4, 0.5) is 5.82 Å². The highest BCUT2D eigenvalue weighted by molar-refractivity contribution is 7.15. The first-order chi connectivity index (χ1) is 11.6. The van der Waals surface area contributed by atoms with E-state index in [1.807, 2.05) is 19.1 Å². The monoisotopic (exact) mass is 343 g/mol. The fraction of sp³-hybridized carbons (Fsp3) is 0.176. The van der Waals surface area contributed by atoms with Gasteiger partial charge in [0.25, 0.3) is 5.91 Å². The third kappa shape index (κ3) is 3.26. The van der Waals surface area contributed by atoms with Crippen molar-refractivity contribution in [1.82, 2.24) is 10.2 Å². The molecule has 1 amide bonds. The maximum Gasteiger partial charge on any atom is 0.260 e. The number of rotatable bonds is 5. The summed E-state index contributed by atoms with van der Waals surface area (Å²) in [4.78, 5) is 14.8. The number of carbonyl (C=O) groups excluding carboxylic acids is 1. The molecule has 1 aromatic carbocycles. The Kier molecular flexibility index (Phi) is 4.52. The van der Waals surface area contributed by atoms with Crippen LogP contribution in [0.3, 0.4) is 0 Å². The van der Waals surface area contributed by atoms with Crippen LogP contribution < -0.4 is 14.8 Å². The molecule has 7 heteroatoms. The fourth-order valence-electron chi connectivity index (χ4n) is 2.27. The Morgan fingerprint density at radius 2 is 2.00 bits per heavy atom. The summed E-state index contributed by atoms with van der Waals surface area (Å²) >= 11 is 1.66. The van der Waals surface area contributed by atoms with Gasteiger partial charge in [-0.05, 0) is 37.3 Å². The van der Waals surface area contributed by atoms with Crippen LogP contribution in [0.15, 0.2) is 36.4 Å². The van der Waals surface area contributed by atoms with Crippen LogP contribution in [-0.4, -0.2) is 30.3 Å². The Hall–Kier alpha value is -2.80. The summed E-state index contributed by atoms with van der Waals surface area (Å²) in [5.41, 5.74) is 1.24. The number of amides is 1. The van der Waals surface area contributed by atoms with Gasteiger partial charge in [-0.15, -0.1) is 11.3 Å². The van der Waals surface area contributed by atoms with Crippen LogP contribution in [0.1, 0.15) is 15.2 Å². The van der Waals surface area contributed by atoms with Crippen LogP contribution in [-0.2, 0) is 0 Å². The average Bonchev–Trinajstić information content (AvgIpc) is 3.23. The molecule has 0 unspecified atom stereocenters. The number of thiophene rings is 1. The molecule has 2 heterocycles. The van der Waals surface area contributed by atoms with E-state index in [0.29, 0.717) is 22.9 Å². The Morgan fingerprint density at radius 1 is 1.17 bits per heavy atom. The number of benzene rings is 1. The van der Waals surface area contributed by atoms with Gasteiger partial charge in [-0.1, -0.05) is 0 Å². The molecule has 2 N–H and O–H groups in total. The maximum absolute atomic E-state index is 12.5. The lowest BCUT2D eigenvalue weighted by Crippen LogP contribution is -2.13. The molecule has 0 radical (unpaired) electrons. The summed E-state index contributed by atoms with van der Waals surface area (Å²) in [7, 11) is 3.07. The number of hydrogen-bond acceptors (Lipinski definition) is 5. The number of aryl methyl sites for hydroxylation is 1. The Balaban J connectivity index is 1.81. The first-order valence-electron chi connectivity index (χ1n) is 7.26. The van der Waals surface area contributed by atoms with Crippen molar-refractivity contribution in [3.63, 3.8) is 0 Å². The minimum Gasteiger partial charge on any atom is -0.497 e. The molecular weight excluding hydrogens is 326 g/mol. The number of aromatic nitrogens is 2. The number of aromatic amines is 1. The molecule has 0 saturated heterocycles. The zero-order chi connectivity index (χ0) is 17.1. The molecular formula is C17H17N3O3S. The second-order valence-electron chi connectivity index (χ2n) is 5.10. The van der Waals surface area contributed by atoms with E-state index in [1.165, 1.54) is 12.0 Å².